The molecule has 1 atom stereocenters. The van der Waals surface area contributed by atoms with Crippen molar-refractivity contribution in [3.05, 3.63) is 35.9 Å². The van der Waals surface area contributed by atoms with Crippen molar-refractivity contribution in [1.82, 2.24) is 5.32 Å². The molecule has 1 aromatic carbocycles. The van der Waals surface area contributed by atoms with Gasteiger partial charge in [-0.05, 0) is 37.8 Å². The molecule has 1 aromatic rings. The molecule has 0 radical (unpaired) electrons. The first-order chi connectivity index (χ1) is 8.36. The molecule has 0 spiro atoms. The third-order valence-electron chi connectivity index (χ3n) is 3.43. The van der Waals surface area contributed by atoms with Gasteiger partial charge in [-0.3, -0.25) is 4.79 Å². The number of hydrogen-bond donors (Lipinski definition) is 1. The van der Waals surface area contributed by atoms with Gasteiger partial charge in [0.1, 0.15) is 5.78 Å². The highest BCUT2D eigenvalue weighted by molar-refractivity contribution is 5.84. The van der Waals surface area contributed by atoms with Crippen molar-refractivity contribution in [2.45, 2.75) is 44.6 Å². The predicted molar refractivity (Wildman–Crippen MR) is 70.0 cm³/mol. The highest BCUT2D eigenvalue weighted by atomic mass is 16.1. The van der Waals surface area contributed by atoms with E-state index in [9.17, 15) is 4.79 Å². The minimum Gasteiger partial charge on any atom is -0.307 e. The Morgan fingerprint density at radius 3 is 2.76 bits per heavy atom. The maximum Gasteiger partial charge on any atom is 0.149 e. The van der Waals surface area contributed by atoms with Crippen LogP contribution < -0.4 is 5.32 Å². The quantitative estimate of drug-likeness (QED) is 0.844. The lowest BCUT2D eigenvalue weighted by Crippen LogP contribution is -2.40. The first kappa shape index (κ1) is 12.3. The van der Waals surface area contributed by atoms with E-state index < -0.39 is 0 Å². The number of ketones is 1. The Morgan fingerprint density at radius 1 is 1.24 bits per heavy atom. The molecular weight excluding hydrogens is 210 g/mol. The third kappa shape index (κ3) is 3.97. The van der Waals surface area contributed by atoms with Crippen molar-refractivity contribution >= 4 is 5.78 Å². The summed E-state index contributed by atoms with van der Waals surface area (Å²) in [5, 5.41) is 3.32. The lowest BCUT2D eigenvalue weighted by Gasteiger charge is -2.22. The molecule has 0 amide bonds. The van der Waals surface area contributed by atoms with E-state index in [1.807, 2.05) is 6.07 Å². The van der Waals surface area contributed by atoms with Gasteiger partial charge in [-0.15, -0.1) is 0 Å². The minimum atomic E-state index is 0.138. The minimum absolute atomic E-state index is 0.138. The lowest BCUT2D eigenvalue weighted by atomic mass is 9.97. The number of rotatable bonds is 5. The first-order valence-corrected chi connectivity index (χ1v) is 6.66. The molecule has 1 heterocycles. The van der Waals surface area contributed by atoms with Gasteiger partial charge in [0.2, 0.25) is 0 Å². The fourth-order valence-corrected chi connectivity index (χ4v) is 2.41. The molecule has 2 rings (SSSR count). The van der Waals surface area contributed by atoms with Crippen molar-refractivity contribution in [1.29, 1.82) is 0 Å². The number of aryl methyl sites for hydroxylation is 1. The summed E-state index contributed by atoms with van der Waals surface area (Å²) in [6.45, 7) is 1.01. The van der Waals surface area contributed by atoms with Crippen molar-refractivity contribution in [2.24, 2.45) is 0 Å². The van der Waals surface area contributed by atoms with Crippen LogP contribution in [0.5, 0.6) is 0 Å². The fourth-order valence-electron chi connectivity index (χ4n) is 2.41. The highest BCUT2D eigenvalue weighted by Crippen LogP contribution is 2.11. The van der Waals surface area contributed by atoms with E-state index in [-0.39, 0.29) is 6.04 Å². The summed E-state index contributed by atoms with van der Waals surface area (Å²) in [6.07, 6.45) is 6.15. The van der Waals surface area contributed by atoms with Gasteiger partial charge in [0.05, 0.1) is 6.04 Å². The molecule has 0 unspecified atom stereocenters. The number of hydrogen-bond acceptors (Lipinski definition) is 2. The summed E-state index contributed by atoms with van der Waals surface area (Å²) >= 11 is 0. The average molecular weight is 231 g/mol. The van der Waals surface area contributed by atoms with Crippen molar-refractivity contribution < 1.29 is 4.79 Å². The second-order valence-electron chi connectivity index (χ2n) is 4.81. The molecule has 0 saturated carbocycles. The predicted octanol–water partition coefficient (Wildman–Crippen LogP) is 2.72. The SMILES string of the molecule is O=C(CCCc1ccccc1)[C@@H]1CCCCN1. The molecule has 1 N–H and O–H groups in total. The van der Waals surface area contributed by atoms with E-state index in [1.165, 1.54) is 18.4 Å². The first-order valence-electron chi connectivity index (χ1n) is 6.66. The van der Waals surface area contributed by atoms with Gasteiger partial charge in [-0.1, -0.05) is 36.8 Å². The molecule has 2 nitrogen and oxygen atoms in total. The Kier molecular flexibility index (Phi) is 4.75. The molecule has 2 heteroatoms. The van der Waals surface area contributed by atoms with Gasteiger partial charge >= 0.3 is 0 Å². The zero-order chi connectivity index (χ0) is 11.9. The van der Waals surface area contributed by atoms with Crippen LogP contribution in [0.1, 0.15) is 37.7 Å². The van der Waals surface area contributed by atoms with Crippen LogP contribution in [-0.2, 0) is 11.2 Å². The van der Waals surface area contributed by atoms with Gasteiger partial charge in [-0.25, -0.2) is 0 Å². The standard InChI is InChI=1S/C15H21NO/c17-15(14-10-4-5-12-16-14)11-6-9-13-7-2-1-3-8-13/h1-3,7-8,14,16H,4-6,9-12H2/t14-/m0/s1. The van der Waals surface area contributed by atoms with Crippen LogP contribution in [-0.4, -0.2) is 18.4 Å². The molecule has 17 heavy (non-hydrogen) atoms. The Bertz CT molecular complexity index is 341. The Labute approximate surface area is 103 Å². The second-order valence-corrected chi connectivity index (χ2v) is 4.81. The number of benzene rings is 1. The van der Waals surface area contributed by atoms with E-state index >= 15 is 0 Å². The van der Waals surface area contributed by atoms with E-state index in [4.69, 9.17) is 0 Å². The smallest absolute Gasteiger partial charge is 0.149 e. The van der Waals surface area contributed by atoms with E-state index in [1.54, 1.807) is 0 Å². The maximum atomic E-state index is 11.9. The molecular formula is C15H21NO. The van der Waals surface area contributed by atoms with Gasteiger partial charge in [0.15, 0.2) is 0 Å². The number of nitrogens with one attached hydrogen (secondary N) is 1. The molecule has 0 bridgehead atoms. The monoisotopic (exact) mass is 231 g/mol. The summed E-state index contributed by atoms with van der Waals surface area (Å²) in [5.74, 6) is 0.403. The van der Waals surface area contributed by atoms with Gasteiger partial charge in [0.25, 0.3) is 0 Å². The number of piperidine rings is 1. The van der Waals surface area contributed by atoms with Crippen LogP contribution in [0.4, 0.5) is 0 Å². The molecule has 1 aliphatic heterocycles. The van der Waals surface area contributed by atoms with Crippen LogP contribution in [0.2, 0.25) is 0 Å². The van der Waals surface area contributed by atoms with E-state index in [0.717, 1.165) is 25.8 Å². The van der Waals surface area contributed by atoms with E-state index in [2.05, 4.69) is 29.6 Å². The molecule has 1 aliphatic rings. The zero-order valence-electron chi connectivity index (χ0n) is 10.3. The van der Waals surface area contributed by atoms with Crippen LogP contribution in [0.25, 0.3) is 0 Å². The molecule has 1 fully saturated rings. The van der Waals surface area contributed by atoms with Gasteiger partial charge < -0.3 is 5.32 Å². The highest BCUT2D eigenvalue weighted by Gasteiger charge is 2.19. The topological polar surface area (TPSA) is 29.1 Å². The zero-order valence-corrected chi connectivity index (χ0v) is 10.3. The van der Waals surface area contributed by atoms with Gasteiger partial charge in [0, 0.05) is 6.42 Å². The summed E-state index contributed by atoms with van der Waals surface area (Å²) in [4.78, 5) is 11.9. The third-order valence-corrected chi connectivity index (χ3v) is 3.43. The molecule has 92 valence electrons. The number of carbonyl (C=O) groups excluding carboxylic acids is 1. The number of carbonyl (C=O) groups is 1. The van der Waals surface area contributed by atoms with Crippen LogP contribution in [0, 0.1) is 0 Å². The lowest BCUT2D eigenvalue weighted by molar-refractivity contribution is -0.121. The number of Topliss-reactive ketones (excluding diaryl/α,β-unsaturated/α-hetero) is 1. The maximum absolute atomic E-state index is 11.9. The fraction of sp³-hybridized carbons (Fsp3) is 0.533. The normalized spacial score (nSPS) is 20.1. The van der Waals surface area contributed by atoms with Crippen molar-refractivity contribution in [3.8, 4) is 0 Å². The van der Waals surface area contributed by atoms with Crippen molar-refractivity contribution in [3.63, 3.8) is 0 Å². The summed E-state index contributed by atoms with van der Waals surface area (Å²) in [7, 11) is 0. The molecule has 1 saturated heterocycles. The summed E-state index contributed by atoms with van der Waals surface area (Å²) in [6, 6.07) is 10.5. The molecule has 0 aromatic heterocycles. The summed E-state index contributed by atoms with van der Waals surface area (Å²) in [5.41, 5.74) is 1.33. The largest absolute Gasteiger partial charge is 0.307 e. The van der Waals surface area contributed by atoms with E-state index in [0.29, 0.717) is 12.2 Å². The Hall–Kier alpha value is -1.15. The molecule has 0 aliphatic carbocycles. The van der Waals surface area contributed by atoms with Crippen LogP contribution >= 0.6 is 0 Å². The average Bonchev–Trinajstić information content (AvgIpc) is 2.41. The van der Waals surface area contributed by atoms with Gasteiger partial charge in [-0.2, -0.15) is 0 Å². The second kappa shape index (κ2) is 6.55. The van der Waals surface area contributed by atoms with Crippen LogP contribution in [0.15, 0.2) is 30.3 Å². The summed E-state index contributed by atoms with van der Waals surface area (Å²) < 4.78 is 0. The van der Waals surface area contributed by atoms with Crippen LogP contribution in [0.3, 0.4) is 0 Å². The Balaban J connectivity index is 1.69. The Morgan fingerprint density at radius 2 is 2.06 bits per heavy atom. The van der Waals surface area contributed by atoms with Crippen molar-refractivity contribution in [2.75, 3.05) is 6.54 Å².